The van der Waals surface area contributed by atoms with Crippen molar-refractivity contribution in [2.24, 2.45) is 0 Å². The van der Waals surface area contributed by atoms with Crippen molar-refractivity contribution in [3.05, 3.63) is 85.1 Å². The molecule has 3 atom stereocenters. The van der Waals surface area contributed by atoms with Crippen molar-refractivity contribution < 1.29 is 47.8 Å². The number of ether oxygens (including phenoxy) is 2. The van der Waals surface area contributed by atoms with Crippen LogP contribution in [-0.4, -0.2) is 65.7 Å². The molecule has 0 aliphatic carbocycles. The Morgan fingerprint density at radius 2 is 1.04 bits per heavy atom. The zero-order valence-electron chi connectivity index (χ0n) is 33.9. The third-order valence-corrected chi connectivity index (χ3v) is 9.09. The van der Waals surface area contributed by atoms with Crippen molar-refractivity contribution in [3.63, 3.8) is 0 Å². The second-order valence-electron chi connectivity index (χ2n) is 13.3. The number of aliphatic hydroxyl groups excluding tert-OH is 2. The first-order valence-electron chi connectivity index (χ1n) is 20.6. The summed E-state index contributed by atoms with van der Waals surface area (Å²) in [4.78, 5) is 34.9. The molecule has 0 bridgehead atoms. The van der Waals surface area contributed by atoms with Gasteiger partial charge in [-0.1, -0.05) is 150 Å². The molecular formula is C44H73O10P. The molecule has 55 heavy (non-hydrogen) atoms. The average Bonchev–Trinajstić information content (AvgIpc) is 3.17. The third-order valence-electron chi connectivity index (χ3n) is 8.14. The number of allylic oxidation sites excluding steroid dienone is 14. The van der Waals surface area contributed by atoms with Crippen LogP contribution in [0.25, 0.3) is 0 Å². The second kappa shape index (κ2) is 39.4. The molecule has 2 unspecified atom stereocenters. The fourth-order valence-electron chi connectivity index (χ4n) is 5.02. The summed E-state index contributed by atoms with van der Waals surface area (Å²) in [5.41, 5.74) is 0. The van der Waals surface area contributed by atoms with Crippen LogP contribution >= 0.6 is 7.82 Å². The van der Waals surface area contributed by atoms with Gasteiger partial charge in [-0.2, -0.15) is 0 Å². The molecular weight excluding hydrogens is 719 g/mol. The predicted molar refractivity (Wildman–Crippen MR) is 223 cm³/mol. The molecule has 0 saturated carbocycles. The maximum absolute atomic E-state index is 12.6. The summed E-state index contributed by atoms with van der Waals surface area (Å²) in [6.45, 7) is 2.05. The molecule has 3 N–H and O–H groups in total. The Labute approximate surface area is 332 Å². The Morgan fingerprint density at radius 1 is 0.564 bits per heavy atom. The van der Waals surface area contributed by atoms with Crippen molar-refractivity contribution in [2.45, 2.75) is 154 Å². The number of rotatable bonds is 37. The van der Waals surface area contributed by atoms with Crippen LogP contribution < -0.4 is 0 Å². The molecule has 0 aliphatic heterocycles. The van der Waals surface area contributed by atoms with Gasteiger partial charge < -0.3 is 24.6 Å². The molecule has 0 spiro atoms. The van der Waals surface area contributed by atoms with Crippen molar-refractivity contribution in [3.8, 4) is 0 Å². The van der Waals surface area contributed by atoms with Crippen molar-refractivity contribution in [2.75, 3.05) is 26.4 Å². The van der Waals surface area contributed by atoms with Gasteiger partial charge in [0.1, 0.15) is 12.7 Å². The number of hydrogen-bond acceptors (Lipinski definition) is 9. The Hall–Kier alpha value is -2.85. The topological polar surface area (TPSA) is 149 Å². The van der Waals surface area contributed by atoms with Crippen LogP contribution in [0.5, 0.6) is 0 Å². The lowest BCUT2D eigenvalue weighted by atomic mass is 10.1. The molecule has 0 aromatic carbocycles. The van der Waals surface area contributed by atoms with E-state index in [2.05, 4.69) is 67.0 Å². The Balaban J connectivity index is 4.35. The zero-order chi connectivity index (χ0) is 40.5. The highest BCUT2D eigenvalue weighted by Crippen LogP contribution is 2.43. The summed E-state index contributed by atoms with van der Waals surface area (Å²) in [6.07, 6.45) is 45.6. The minimum Gasteiger partial charge on any atom is -0.462 e. The van der Waals surface area contributed by atoms with Gasteiger partial charge in [-0.25, -0.2) is 4.57 Å². The SMILES string of the molecule is CC/C=C/C=C/C=C/C=C/CCCCCC(=O)OC(COC(=O)CCCCCCCCCCC/C=C/C/C=C/C/C=C/CC)COP(=O)(O)OC[C@H](O)CO. The molecule has 0 amide bonds. The van der Waals surface area contributed by atoms with Crippen LogP contribution in [-0.2, 0) is 32.7 Å². The standard InChI is InChI=1S/C44H73O10P/c1-3-5-7-9-11-13-15-17-18-19-20-21-22-24-25-27-29-31-33-35-43(47)51-39-42(40-53-55(49,50)52-38-41(46)37-45)54-44(48)36-34-32-30-28-26-23-16-14-12-10-8-6-4-2/h5-8,10-14,16-18,23,26,41-42,45-46H,3-4,9,15,19-22,24-25,27-40H2,1-2H3,(H,49,50)/b7-5+,8-6+,12-10+,13-11+,16-14+,18-17+,26-23+/t41-,42?/m1/s1. The Morgan fingerprint density at radius 3 is 1.65 bits per heavy atom. The highest BCUT2D eigenvalue weighted by atomic mass is 31.2. The van der Waals surface area contributed by atoms with Gasteiger partial charge in [0.05, 0.1) is 19.8 Å². The van der Waals surface area contributed by atoms with Crippen LogP contribution in [0.2, 0.25) is 0 Å². The first kappa shape index (κ1) is 52.2. The molecule has 0 heterocycles. The lowest BCUT2D eigenvalue weighted by molar-refractivity contribution is -0.161. The number of carbonyl (C=O) groups is 2. The third kappa shape index (κ3) is 39.2. The van der Waals surface area contributed by atoms with Crippen LogP contribution in [0, 0.1) is 0 Å². The van der Waals surface area contributed by atoms with E-state index < -0.39 is 51.8 Å². The number of esters is 2. The van der Waals surface area contributed by atoms with E-state index >= 15 is 0 Å². The number of unbranched alkanes of at least 4 members (excludes halogenated alkanes) is 12. The van der Waals surface area contributed by atoms with Gasteiger partial charge in [0.25, 0.3) is 0 Å². The lowest BCUT2D eigenvalue weighted by Crippen LogP contribution is -2.29. The first-order chi connectivity index (χ1) is 26.7. The van der Waals surface area contributed by atoms with Crippen LogP contribution in [0.4, 0.5) is 0 Å². The first-order valence-corrected chi connectivity index (χ1v) is 22.1. The van der Waals surface area contributed by atoms with E-state index in [9.17, 15) is 24.2 Å². The molecule has 0 rings (SSSR count). The molecule has 0 aromatic heterocycles. The van der Waals surface area contributed by atoms with Crippen molar-refractivity contribution >= 4 is 19.8 Å². The fourth-order valence-corrected chi connectivity index (χ4v) is 5.81. The summed E-state index contributed by atoms with van der Waals surface area (Å²) in [6, 6.07) is 0. The molecule has 314 valence electrons. The molecule has 10 nitrogen and oxygen atoms in total. The van der Waals surface area contributed by atoms with E-state index in [0.717, 1.165) is 70.6 Å². The van der Waals surface area contributed by atoms with Crippen LogP contribution in [0.1, 0.15) is 142 Å². The van der Waals surface area contributed by atoms with Crippen LogP contribution in [0.3, 0.4) is 0 Å². The summed E-state index contributed by atoms with van der Waals surface area (Å²) in [5, 5.41) is 18.3. The summed E-state index contributed by atoms with van der Waals surface area (Å²) in [5.74, 6) is -0.986. The van der Waals surface area contributed by atoms with Gasteiger partial charge in [-0.3, -0.25) is 18.6 Å². The minimum absolute atomic E-state index is 0.132. The van der Waals surface area contributed by atoms with Crippen molar-refractivity contribution in [1.29, 1.82) is 0 Å². The predicted octanol–water partition coefficient (Wildman–Crippen LogP) is 10.7. The van der Waals surface area contributed by atoms with E-state index in [0.29, 0.717) is 12.8 Å². The fraction of sp³-hybridized carbons (Fsp3) is 0.636. The minimum atomic E-state index is -4.63. The van der Waals surface area contributed by atoms with Gasteiger partial charge >= 0.3 is 19.8 Å². The Bertz CT molecular complexity index is 1190. The maximum atomic E-state index is 12.6. The molecule has 11 heteroatoms. The van der Waals surface area contributed by atoms with Gasteiger partial charge in [0.2, 0.25) is 0 Å². The van der Waals surface area contributed by atoms with E-state index in [1.807, 2.05) is 36.5 Å². The normalized spacial score (nSPS) is 14.8. The number of phosphoric acid groups is 1. The quantitative estimate of drug-likeness (QED) is 0.0182. The number of aliphatic hydroxyl groups is 2. The Kier molecular flexibility index (Phi) is 37.3. The van der Waals surface area contributed by atoms with E-state index in [1.54, 1.807) is 0 Å². The van der Waals surface area contributed by atoms with Crippen LogP contribution in [0.15, 0.2) is 85.1 Å². The second-order valence-corrected chi connectivity index (χ2v) is 14.8. The molecule has 0 aromatic rings. The summed E-state index contributed by atoms with van der Waals surface area (Å²) in [7, 11) is -4.63. The monoisotopic (exact) mass is 792 g/mol. The summed E-state index contributed by atoms with van der Waals surface area (Å²) >= 11 is 0. The van der Waals surface area contributed by atoms with E-state index in [-0.39, 0.29) is 19.4 Å². The molecule has 0 radical (unpaired) electrons. The molecule has 0 aliphatic rings. The smallest absolute Gasteiger partial charge is 0.462 e. The van der Waals surface area contributed by atoms with Gasteiger partial charge in [0, 0.05) is 12.8 Å². The lowest BCUT2D eigenvalue weighted by Gasteiger charge is -2.20. The summed E-state index contributed by atoms with van der Waals surface area (Å²) < 4.78 is 32.6. The van der Waals surface area contributed by atoms with Gasteiger partial charge in [-0.15, -0.1) is 0 Å². The average molecular weight is 793 g/mol. The number of phosphoric ester groups is 1. The van der Waals surface area contributed by atoms with Gasteiger partial charge in [-0.05, 0) is 64.2 Å². The van der Waals surface area contributed by atoms with E-state index in [4.69, 9.17) is 19.1 Å². The number of carbonyl (C=O) groups excluding carboxylic acids is 2. The number of hydrogen-bond donors (Lipinski definition) is 3. The van der Waals surface area contributed by atoms with E-state index in [1.165, 1.54) is 32.1 Å². The highest BCUT2D eigenvalue weighted by Gasteiger charge is 2.27. The zero-order valence-corrected chi connectivity index (χ0v) is 34.7. The largest absolute Gasteiger partial charge is 0.472 e. The highest BCUT2D eigenvalue weighted by molar-refractivity contribution is 7.47. The maximum Gasteiger partial charge on any atom is 0.472 e. The van der Waals surface area contributed by atoms with Crippen molar-refractivity contribution in [1.82, 2.24) is 0 Å². The molecule has 0 fully saturated rings. The molecule has 0 saturated heterocycles. The van der Waals surface area contributed by atoms with Gasteiger partial charge in [0.15, 0.2) is 6.10 Å².